The average Bonchev–Trinajstić information content (AvgIpc) is 3.28. The van der Waals surface area contributed by atoms with Gasteiger partial charge in [-0.1, -0.05) is 6.92 Å². The molecule has 0 aromatic heterocycles. The monoisotopic (exact) mass is 252 g/mol. The van der Waals surface area contributed by atoms with Crippen molar-refractivity contribution in [3.05, 3.63) is 0 Å². The number of nitrogens with zero attached hydrogens (tertiary/aromatic N) is 1. The third-order valence-corrected chi connectivity index (χ3v) is 4.93. The molecule has 3 unspecified atom stereocenters. The van der Waals surface area contributed by atoms with E-state index in [1.807, 2.05) is 0 Å². The smallest absolute Gasteiger partial charge is 0.0578 e. The highest BCUT2D eigenvalue weighted by molar-refractivity contribution is 4.94. The van der Waals surface area contributed by atoms with Gasteiger partial charge in [0.1, 0.15) is 0 Å². The summed E-state index contributed by atoms with van der Waals surface area (Å²) < 4.78 is 0. The van der Waals surface area contributed by atoms with Gasteiger partial charge in [-0.15, -0.1) is 0 Å². The lowest BCUT2D eigenvalue weighted by Crippen LogP contribution is -2.52. The molecule has 3 atom stereocenters. The van der Waals surface area contributed by atoms with Gasteiger partial charge in [-0.2, -0.15) is 0 Å². The van der Waals surface area contributed by atoms with Gasteiger partial charge in [-0.25, -0.2) is 0 Å². The molecule has 2 aliphatic carbocycles. The maximum atomic E-state index is 10.2. The number of aliphatic hydroxyl groups is 1. The number of hydrogen-bond acceptors (Lipinski definition) is 3. The molecule has 0 radical (unpaired) electrons. The van der Waals surface area contributed by atoms with Gasteiger partial charge in [0, 0.05) is 25.2 Å². The van der Waals surface area contributed by atoms with Crippen LogP contribution in [-0.2, 0) is 0 Å². The number of piperidine rings is 1. The summed E-state index contributed by atoms with van der Waals surface area (Å²) in [5, 5.41) is 13.9. The van der Waals surface area contributed by atoms with Crippen molar-refractivity contribution in [1.29, 1.82) is 0 Å². The number of aliphatic hydroxyl groups excluding tert-OH is 1. The zero-order valence-electron chi connectivity index (χ0n) is 11.6. The molecule has 0 amide bonds. The summed E-state index contributed by atoms with van der Waals surface area (Å²) in [7, 11) is 0. The topological polar surface area (TPSA) is 35.5 Å². The summed E-state index contributed by atoms with van der Waals surface area (Å²) in [6, 6.07) is 1.45. The van der Waals surface area contributed by atoms with Crippen LogP contribution in [0.1, 0.15) is 45.4 Å². The Balaban J connectivity index is 1.54. The Hall–Kier alpha value is -0.120. The number of nitrogens with one attached hydrogen (secondary N) is 1. The lowest BCUT2D eigenvalue weighted by atomic mass is 9.88. The zero-order valence-corrected chi connectivity index (χ0v) is 11.6. The molecule has 3 fully saturated rings. The highest BCUT2D eigenvalue weighted by Crippen LogP contribution is 2.33. The lowest BCUT2D eigenvalue weighted by molar-refractivity contribution is 0.0325. The van der Waals surface area contributed by atoms with Gasteiger partial charge in [-0.3, -0.25) is 4.90 Å². The predicted molar refractivity (Wildman–Crippen MR) is 73.5 cm³/mol. The normalized spacial score (nSPS) is 35.7. The van der Waals surface area contributed by atoms with Crippen molar-refractivity contribution in [3.63, 3.8) is 0 Å². The van der Waals surface area contributed by atoms with Crippen LogP contribution in [0.15, 0.2) is 0 Å². The van der Waals surface area contributed by atoms with Crippen molar-refractivity contribution >= 4 is 0 Å². The molecule has 18 heavy (non-hydrogen) atoms. The number of likely N-dealkylation sites (tertiary alicyclic amines) is 1. The third kappa shape index (κ3) is 3.25. The van der Waals surface area contributed by atoms with Crippen LogP contribution >= 0.6 is 0 Å². The molecule has 0 bridgehead atoms. The second kappa shape index (κ2) is 5.48. The first-order valence-corrected chi connectivity index (χ1v) is 7.91. The van der Waals surface area contributed by atoms with Crippen molar-refractivity contribution in [2.45, 2.75) is 63.6 Å². The minimum absolute atomic E-state index is 0.100. The van der Waals surface area contributed by atoms with E-state index in [0.717, 1.165) is 24.9 Å². The van der Waals surface area contributed by atoms with E-state index in [0.29, 0.717) is 12.0 Å². The SMILES string of the molecule is CCC(O)C1CC(NCC2CC2)CN(C2CC2)C1. The van der Waals surface area contributed by atoms with Crippen molar-refractivity contribution in [1.82, 2.24) is 10.2 Å². The van der Waals surface area contributed by atoms with Crippen LogP contribution in [0.5, 0.6) is 0 Å². The van der Waals surface area contributed by atoms with E-state index in [-0.39, 0.29) is 6.10 Å². The van der Waals surface area contributed by atoms with Crippen molar-refractivity contribution in [3.8, 4) is 0 Å². The van der Waals surface area contributed by atoms with E-state index >= 15 is 0 Å². The Kier molecular flexibility index (Phi) is 3.92. The first-order chi connectivity index (χ1) is 8.76. The summed E-state index contributed by atoms with van der Waals surface area (Å²) in [6.07, 6.45) is 7.58. The molecule has 104 valence electrons. The molecule has 2 saturated carbocycles. The predicted octanol–water partition coefficient (Wildman–Crippen LogP) is 1.61. The molecule has 1 heterocycles. The summed E-state index contributed by atoms with van der Waals surface area (Å²) in [4.78, 5) is 2.64. The molecule has 1 aliphatic heterocycles. The quantitative estimate of drug-likeness (QED) is 0.754. The van der Waals surface area contributed by atoms with Gasteiger partial charge in [0.25, 0.3) is 0 Å². The summed E-state index contributed by atoms with van der Waals surface area (Å²) >= 11 is 0. The summed E-state index contributed by atoms with van der Waals surface area (Å²) in [5.74, 6) is 1.44. The van der Waals surface area contributed by atoms with Gasteiger partial charge in [0.15, 0.2) is 0 Å². The van der Waals surface area contributed by atoms with Crippen LogP contribution < -0.4 is 5.32 Å². The molecular weight excluding hydrogens is 224 g/mol. The number of rotatable bonds is 6. The van der Waals surface area contributed by atoms with Crippen LogP contribution in [-0.4, -0.2) is 47.8 Å². The average molecular weight is 252 g/mol. The van der Waals surface area contributed by atoms with Gasteiger partial charge in [0.2, 0.25) is 0 Å². The number of hydrogen-bond donors (Lipinski definition) is 2. The third-order valence-electron chi connectivity index (χ3n) is 4.93. The zero-order chi connectivity index (χ0) is 12.5. The summed E-state index contributed by atoms with van der Waals surface area (Å²) in [6.45, 7) is 5.65. The fourth-order valence-electron chi connectivity index (χ4n) is 3.33. The van der Waals surface area contributed by atoms with Gasteiger partial charge in [0.05, 0.1) is 6.10 Å². The van der Waals surface area contributed by atoms with Crippen LogP contribution in [0.3, 0.4) is 0 Å². The van der Waals surface area contributed by atoms with E-state index in [4.69, 9.17) is 0 Å². The van der Waals surface area contributed by atoms with E-state index in [1.165, 1.54) is 45.2 Å². The molecule has 3 aliphatic rings. The Morgan fingerprint density at radius 1 is 1.22 bits per heavy atom. The molecule has 3 rings (SSSR count). The van der Waals surface area contributed by atoms with Crippen LogP contribution in [0.2, 0.25) is 0 Å². The fourth-order valence-corrected chi connectivity index (χ4v) is 3.33. The van der Waals surface area contributed by atoms with E-state index in [2.05, 4.69) is 17.1 Å². The maximum absolute atomic E-state index is 10.2. The Labute approximate surface area is 111 Å². The van der Waals surface area contributed by atoms with Crippen LogP contribution in [0.25, 0.3) is 0 Å². The molecule has 0 aromatic carbocycles. The molecule has 2 N–H and O–H groups in total. The minimum atomic E-state index is -0.100. The standard InChI is InChI=1S/C15H28N2O/c1-2-15(18)12-7-13(16-8-11-3-4-11)10-17(9-12)14-5-6-14/h11-16,18H,2-10H2,1H3. The minimum Gasteiger partial charge on any atom is -0.393 e. The lowest BCUT2D eigenvalue weighted by Gasteiger charge is -2.40. The Bertz CT molecular complexity index is 276. The molecule has 3 nitrogen and oxygen atoms in total. The molecule has 1 saturated heterocycles. The largest absolute Gasteiger partial charge is 0.393 e. The fraction of sp³-hybridized carbons (Fsp3) is 1.00. The molecule has 0 spiro atoms. The van der Waals surface area contributed by atoms with Gasteiger partial charge < -0.3 is 10.4 Å². The van der Waals surface area contributed by atoms with Crippen LogP contribution in [0, 0.1) is 11.8 Å². The Morgan fingerprint density at radius 2 is 2.00 bits per heavy atom. The van der Waals surface area contributed by atoms with Crippen molar-refractivity contribution in [2.24, 2.45) is 11.8 Å². The highest BCUT2D eigenvalue weighted by atomic mass is 16.3. The van der Waals surface area contributed by atoms with E-state index < -0.39 is 0 Å². The van der Waals surface area contributed by atoms with Crippen molar-refractivity contribution < 1.29 is 5.11 Å². The Morgan fingerprint density at radius 3 is 2.61 bits per heavy atom. The second-order valence-electron chi connectivity index (χ2n) is 6.71. The second-order valence-corrected chi connectivity index (χ2v) is 6.71. The molecule has 3 heteroatoms. The highest BCUT2D eigenvalue weighted by Gasteiger charge is 2.38. The first kappa shape index (κ1) is 12.9. The van der Waals surface area contributed by atoms with Gasteiger partial charge in [-0.05, 0) is 56.9 Å². The van der Waals surface area contributed by atoms with E-state index in [9.17, 15) is 5.11 Å². The summed E-state index contributed by atoms with van der Waals surface area (Å²) in [5.41, 5.74) is 0. The van der Waals surface area contributed by atoms with Gasteiger partial charge >= 0.3 is 0 Å². The first-order valence-electron chi connectivity index (χ1n) is 7.91. The molecular formula is C15H28N2O. The van der Waals surface area contributed by atoms with Crippen LogP contribution in [0.4, 0.5) is 0 Å². The molecule has 0 aromatic rings. The van der Waals surface area contributed by atoms with Crippen molar-refractivity contribution in [2.75, 3.05) is 19.6 Å². The maximum Gasteiger partial charge on any atom is 0.0578 e. The van der Waals surface area contributed by atoms with E-state index in [1.54, 1.807) is 0 Å².